The number of benzene rings is 3. The minimum Gasteiger partial charge on any atom is -1.00 e. The van der Waals surface area contributed by atoms with E-state index >= 15 is 0 Å². The van der Waals surface area contributed by atoms with Crippen molar-refractivity contribution in [2.75, 3.05) is 0 Å². The van der Waals surface area contributed by atoms with Crippen LogP contribution >= 0.6 is 0 Å². The van der Waals surface area contributed by atoms with Gasteiger partial charge in [-0.1, -0.05) is 0 Å². The van der Waals surface area contributed by atoms with Crippen LogP contribution in [-0.2, 0) is 32.1 Å². The molecular formula is C43H48Cl2Zr. The van der Waals surface area contributed by atoms with Gasteiger partial charge in [0.15, 0.2) is 0 Å². The van der Waals surface area contributed by atoms with Gasteiger partial charge in [-0.3, -0.25) is 0 Å². The Morgan fingerprint density at radius 3 is 1.67 bits per heavy atom. The fraction of sp³-hybridized carbons (Fsp3) is 0.372. The minimum absolute atomic E-state index is 0. The summed E-state index contributed by atoms with van der Waals surface area (Å²) >= 11 is -2.60. The van der Waals surface area contributed by atoms with Crippen LogP contribution in [-0.4, -0.2) is 3.21 Å². The topological polar surface area (TPSA) is 0 Å². The van der Waals surface area contributed by atoms with Crippen molar-refractivity contribution in [3.63, 3.8) is 0 Å². The molecule has 238 valence electrons. The van der Waals surface area contributed by atoms with Crippen LogP contribution in [0.5, 0.6) is 0 Å². The van der Waals surface area contributed by atoms with E-state index in [2.05, 4.69) is 141 Å². The summed E-state index contributed by atoms with van der Waals surface area (Å²) in [5.74, 6) is 0.514. The molecule has 46 heavy (non-hydrogen) atoms. The number of halogens is 2. The van der Waals surface area contributed by atoms with E-state index in [-0.39, 0.29) is 35.6 Å². The first-order valence-corrected chi connectivity index (χ1v) is 20.7. The maximum atomic E-state index is 2.71. The second-order valence-electron chi connectivity index (χ2n) is 15.3. The number of fused-ring (bicyclic) bond motifs is 5. The van der Waals surface area contributed by atoms with Crippen molar-refractivity contribution in [3.8, 4) is 11.1 Å². The molecule has 0 aromatic heterocycles. The predicted molar refractivity (Wildman–Crippen MR) is 188 cm³/mol. The van der Waals surface area contributed by atoms with Crippen molar-refractivity contribution in [1.29, 1.82) is 0 Å². The third-order valence-electron chi connectivity index (χ3n) is 11.2. The molecule has 4 aliphatic rings. The Labute approximate surface area is 298 Å². The van der Waals surface area contributed by atoms with Gasteiger partial charge in [0, 0.05) is 0 Å². The van der Waals surface area contributed by atoms with Gasteiger partial charge < -0.3 is 24.8 Å². The fourth-order valence-corrected chi connectivity index (χ4v) is 18.3. The summed E-state index contributed by atoms with van der Waals surface area (Å²) in [7, 11) is 0. The molecule has 0 saturated carbocycles. The van der Waals surface area contributed by atoms with E-state index in [9.17, 15) is 0 Å². The van der Waals surface area contributed by atoms with Gasteiger partial charge in [-0.15, -0.1) is 0 Å². The van der Waals surface area contributed by atoms with Crippen LogP contribution < -0.4 is 24.8 Å². The molecule has 0 N–H and O–H groups in total. The summed E-state index contributed by atoms with van der Waals surface area (Å²) in [5, 5.41) is 0. The van der Waals surface area contributed by atoms with Crippen molar-refractivity contribution in [2.45, 2.75) is 96.0 Å². The Hall–Kier alpha value is -2.05. The molecule has 0 heterocycles. The molecule has 0 amide bonds. The Kier molecular flexibility index (Phi) is 9.79. The maximum absolute atomic E-state index is 2.71. The molecule has 0 fully saturated rings. The second kappa shape index (κ2) is 12.8. The molecule has 7 rings (SSSR count). The van der Waals surface area contributed by atoms with E-state index < -0.39 is 21.3 Å². The molecule has 0 aliphatic heterocycles. The minimum atomic E-state index is -2.60. The maximum Gasteiger partial charge on any atom is -1.00 e. The normalized spacial score (nSPS) is 20.4. The fourth-order valence-electron chi connectivity index (χ4n) is 8.62. The summed E-state index contributed by atoms with van der Waals surface area (Å²) in [6.45, 7) is 21.7. The van der Waals surface area contributed by atoms with Gasteiger partial charge in [0.2, 0.25) is 0 Å². The summed E-state index contributed by atoms with van der Waals surface area (Å²) in [5.41, 5.74) is 18.4. The average molecular weight is 727 g/mol. The molecular weight excluding hydrogens is 679 g/mol. The number of hydrogen-bond acceptors (Lipinski definition) is 0. The van der Waals surface area contributed by atoms with Crippen molar-refractivity contribution >= 4 is 14.4 Å². The second-order valence-corrected chi connectivity index (χ2v) is 21.6. The molecule has 0 bridgehead atoms. The molecule has 0 nitrogen and oxygen atoms in total. The van der Waals surface area contributed by atoms with Crippen LogP contribution in [0.1, 0.15) is 124 Å². The molecule has 3 heteroatoms. The van der Waals surface area contributed by atoms with E-state index in [1.807, 2.05) is 0 Å². The van der Waals surface area contributed by atoms with Crippen LogP contribution in [0.2, 0.25) is 0 Å². The molecule has 0 spiro atoms. The van der Waals surface area contributed by atoms with E-state index in [0.717, 1.165) is 19.3 Å². The Bertz CT molecular complexity index is 1790. The van der Waals surface area contributed by atoms with Gasteiger partial charge in [-0.25, -0.2) is 0 Å². The molecule has 0 radical (unpaired) electrons. The Morgan fingerprint density at radius 2 is 1.24 bits per heavy atom. The van der Waals surface area contributed by atoms with Crippen LogP contribution in [0.15, 0.2) is 87.8 Å². The van der Waals surface area contributed by atoms with Gasteiger partial charge in [-0.2, -0.15) is 0 Å². The first kappa shape index (κ1) is 35.3. The van der Waals surface area contributed by atoms with Gasteiger partial charge in [0.05, 0.1) is 0 Å². The first-order chi connectivity index (χ1) is 20.9. The van der Waals surface area contributed by atoms with Crippen molar-refractivity contribution in [3.05, 3.63) is 127 Å². The summed E-state index contributed by atoms with van der Waals surface area (Å²) < 4.78 is 4.01. The third-order valence-corrected chi connectivity index (χ3v) is 20.4. The summed E-state index contributed by atoms with van der Waals surface area (Å²) in [6.07, 6.45) is 13.4. The van der Waals surface area contributed by atoms with Gasteiger partial charge in [0.25, 0.3) is 0 Å². The Morgan fingerprint density at radius 1 is 0.739 bits per heavy atom. The number of hydrogen-bond donors (Lipinski definition) is 0. The number of allylic oxidation sites excluding steroid dienone is 8. The summed E-state index contributed by atoms with van der Waals surface area (Å²) in [6, 6.07) is 22.1. The van der Waals surface area contributed by atoms with Crippen LogP contribution in [0.3, 0.4) is 0 Å². The van der Waals surface area contributed by atoms with Crippen LogP contribution in [0.25, 0.3) is 22.3 Å². The van der Waals surface area contributed by atoms with E-state index in [0.29, 0.717) is 9.54 Å². The van der Waals surface area contributed by atoms with Crippen LogP contribution in [0.4, 0.5) is 0 Å². The van der Waals surface area contributed by atoms with E-state index in [1.165, 1.54) is 44.5 Å². The Balaban J connectivity index is 0.00000208. The molecule has 3 aromatic carbocycles. The zero-order valence-corrected chi connectivity index (χ0v) is 33.0. The zero-order chi connectivity index (χ0) is 31.1. The standard InChI is InChI=1S/C27H29.C9H10.C7H9.2ClH.Zr/c1-16-7-9-26(3,4)24-12-18-11-19-13-25-21(17(2)8-10-27(25,5)6)15-23(19)22(18)14-20(16)24;1-2-6-9-7-4-3-5-8-9;1-6-3-4-7(2)5-6;;;/h7-8,11-15H,9-10H2,1-6H3;3-5,7-8H,2H2,1H3;3,5,7H,1-2H3;2*1H;/q;;;;;+2/p-2. The van der Waals surface area contributed by atoms with Gasteiger partial charge in [0.1, 0.15) is 0 Å². The molecule has 0 saturated heterocycles. The van der Waals surface area contributed by atoms with Crippen LogP contribution in [0, 0.1) is 5.92 Å². The quantitative estimate of drug-likeness (QED) is 0.326. The molecule has 1 atom stereocenters. The van der Waals surface area contributed by atoms with Crippen molar-refractivity contribution in [2.24, 2.45) is 5.92 Å². The van der Waals surface area contributed by atoms with Crippen molar-refractivity contribution in [1.82, 2.24) is 0 Å². The van der Waals surface area contributed by atoms with Gasteiger partial charge >= 0.3 is 275 Å². The zero-order valence-electron chi connectivity index (χ0n) is 29.0. The van der Waals surface area contributed by atoms with Gasteiger partial charge in [-0.05, 0) is 0 Å². The third kappa shape index (κ3) is 5.61. The largest absolute Gasteiger partial charge is 1.00 e. The summed E-state index contributed by atoms with van der Waals surface area (Å²) in [4.78, 5) is 0. The van der Waals surface area contributed by atoms with E-state index in [1.54, 1.807) is 28.7 Å². The smallest absolute Gasteiger partial charge is 1.00 e. The predicted octanol–water partition coefficient (Wildman–Crippen LogP) is 5.66. The monoisotopic (exact) mass is 724 g/mol. The first-order valence-electron chi connectivity index (χ1n) is 16.8. The molecule has 1 unspecified atom stereocenters. The van der Waals surface area contributed by atoms with E-state index in [4.69, 9.17) is 0 Å². The van der Waals surface area contributed by atoms with Crippen molar-refractivity contribution < 1.29 is 46.1 Å². The SMILES string of the molecule is CC/[C](c1ccccc1)=[Zr+2](/[C]1=CC(C)=CC1C)[CH]1c2cc3c(cc2-c2cc4c(cc21)C(C)(C)CC=C4C)C(C)=CCC3(C)C.[Cl-].[Cl-]. The molecule has 3 aromatic rings. The average Bonchev–Trinajstić information content (AvgIpc) is 3.50. The number of rotatable bonds is 4. The molecule has 4 aliphatic carbocycles.